The minimum atomic E-state index is -6.65. The smallest absolute Gasteiger partial charge is 0.377 e. The van der Waals surface area contributed by atoms with Crippen LogP contribution < -0.4 is 51.5 Å². The number of halogens is 30. The highest BCUT2D eigenvalue weighted by Gasteiger charge is 2.60. The molecule has 8 nitrogen and oxygen atoms in total. The average molecular weight is 1630 g/mol. The Morgan fingerprint density at radius 2 is 0.386 bits per heavy atom. The van der Waals surface area contributed by atoms with Gasteiger partial charge in [0.1, 0.15) is 106 Å². The predicted octanol–water partition coefficient (Wildman–Crippen LogP) is 14.2. The Balaban J connectivity index is 0.000000775. The summed E-state index contributed by atoms with van der Waals surface area (Å²) < 4.78 is 472. The number of carbonyl (C=O) groups is 4. The molecule has 0 atom stereocenters. The van der Waals surface area contributed by atoms with Crippen molar-refractivity contribution in [3.8, 4) is 0 Å². The molecule has 0 unspecified atom stereocenters. The zero-order valence-electron chi connectivity index (χ0n) is 55.6. The fraction of sp³-hybridized carbons (Fsp3) is 0.0270. The highest BCUT2D eigenvalue weighted by molar-refractivity contribution is 7.06. The van der Waals surface area contributed by atoms with Crippen LogP contribution in [0.15, 0.2) is 134 Å². The van der Waals surface area contributed by atoms with Crippen molar-refractivity contribution in [2.45, 2.75) is 13.8 Å². The Morgan fingerprint density at radius 3 is 0.544 bits per heavy atom. The van der Waals surface area contributed by atoms with Crippen molar-refractivity contribution >= 4 is 91.1 Å². The van der Waals surface area contributed by atoms with Gasteiger partial charge in [-0.1, -0.05) is 71.8 Å². The summed E-state index contributed by atoms with van der Waals surface area (Å²) >= 11 is 0. The van der Waals surface area contributed by atoms with Gasteiger partial charge >= 0.3 is 12.6 Å². The molecule has 10 aromatic carbocycles. The molecule has 0 fully saturated rings. The molecule has 0 radical (unpaired) electrons. The van der Waals surface area contributed by atoms with E-state index >= 15 is 105 Å². The number of amides is 4. The zero-order valence-corrected chi connectivity index (χ0v) is 55.6. The summed E-state index contributed by atoms with van der Waals surface area (Å²) in [5.74, 6) is -110. The molecule has 0 N–H and O–H groups in total. The van der Waals surface area contributed by atoms with Gasteiger partial charge in [-0.25, -0.2) is 142 Å². The van der Waals surface area contributed by atoms with Gasteiger partial charge in [0.25, 0.3) is 23.6 Å². The van der Waals surface area contributed by atoms with Gasteiger partial charge in [0.2, 0.25) is 0 Å². The van der Waals surface area contributed by atoms with Crippen molar-refractivity contribution < 1.29 is 160 Å². The SMILES string of the molecule is Cc1ccccc1.Cc1ccccc1.O=C1c2ccc3c4c(ccc(c24)C(=O)N1c1ccc[n+]([B-](c2c(F)c(F)c(F)c(F)c2F)(c2c(F)c(F)c(F)c(F)c2F)c2c(F)c(F)c(F)c(F)c2F)c1)C(=O)N(c1ccc[n+]([B-](c2c(F)c(F)c(F)c(F)c2F)(c2c(F)c(F)c(F)c(F)c2F)c2c(F)c(F)c(F)c(F)c2F)c1)C3=O. The number of aromatic nitrogens is 2. The molecule has 114 heavy (non-hydrogen) atoms. The molecule has 0 saturated heterocycles. The van der Waals surface area contributed by atoms with Crippen molar-refractivity contribution in [1.29, 1.82) is 0 Å². The molecular weight excluding hydrogens is 1600 g/mol. The van der Waals surface area contributed by atoms with E-state index in [1.165, 1.54) is 11.1 Å². The van der Waals surface area contributed by atoms with Crippen LogP contribution in [0.2, 0.25) is 0 Å². The van der Waals surface area contributed by atoms with Crippen LogP contribution in [0.25, 0.3) is 10.8 Å². The summed E-state index contributed by atoms with van der Waals surface area (Å²) in [4.78, 5) is 58.9. The second-order valence-electron chi connectivity index (χ2n) is 24.8. The first-order valence-electron chi connectivity index (χ1n) is 31.5. The third-order valence-electron chi connectivity index (χ3n) is 18.8. The standard InChI is InChI=1S/C60H12B2F30N4O4.2C7H8/c63-27-21(28(64)40(76)51(87)39(27)75)61(22-29(65)41(77)52(88)42(78)30(22)66,23-31(67)43(79)53(89)44(80)32(23)68)93-9-1-3-13(11-93)95-57(97)15-5-7-17-20-18(8-6-16(19(15)20)58(95)98)60(100)96(59(17)99)14-4-2-10-94(12-14)62(24-33(69)45(81)54(90)46(82)34(24)70,25-35(71)47(83)55(91)48(84)36(25)72)26-37(73)49(85)56(92)50(86)38(26)74;2*1-7-5-3-2-4-6-7/h1-12H;2*2-6H,1H3. The molecule has 12 aromatic rings. The molecule has 14 rings (SSSR count). The second-order valence-corrected chi connectivity index (χ2v) is 24.8. The van der Waals surface area contributed by atoms with Gasteiger partial charge in [-0.3, -0.25) is 19.2 Å². The van der Waals surface area contributed by atoms with Crippen molar-refractivity contribution in [2.75, 3.05) is 9.80 Å². The Bertz CT molecular complexity index is 5290. The topological polar surface area (TPSA) is 82.5 Å². The van der Waals surface area contributed by atoms with Crippen LogP contribution in [0.5, 0.6) is 0 Å². The number of nitrogens with zero attached hydrogens (tertiary/aromatic N) is 4. The minimum Gasteiger partial charge on any atom is -0.413 e. The number of imide groups is 2. The van der Waals surface area contributed by atoms with Crippen LogP contribution in [-0.4, -0.2) is 36.2 Å². The van der Waals surface area contributed by atoms with Crippen molar-refractivity contribution in [3.63, 3.8) is 0 Å². The van der Waals surface area contributed by atoms with Crippen LogP contribution in [-0.2, 0) is 0 Å². The second kappa shape index (κ2) is 29.3. The first-order chi connectivity index (χ1) is 53.6. The maximum Gasteiger partial charge on any atom is 0.377 e. The maximum absolute atomic E-state index is 16.6. The summed E-state index contributed by atoms with van der Waals surface area (Å²) in [5, 5.41) is -1.80. The van der Waals surface area contributed by atoms with E-state index in [-0.39, 0.29) is 46.7 Å². The Morgan fingerprint density at radius 1 is 0.219 bits per heavy atom. The average Bonchev–Trinajstić information content (AvgIpc) is 0.696. The molecule has 40 heteroatoms. The molecule has 2 aliphatic heterocycles. The van der Waals surface area contributed by atoms with E-state index in [1.807, 2.05) is 36.4 Å². The van der Waals surface area contributed by atoms with E-state index in [0.717, 1.165) is 0 Å². The lowest BCUT2D eigenvalue weighted by molar-refractivity contribution is -0.539. The number of hydrogen-bond donors (Lipinski definition) is 0. The molecule has 584 valence electrons. The highest BCUT2D eigenvalue weighted by atomic mass is 19.2. The van der Waals surface area contributed by atoms with Gasteiger partial charge in [0.05, 0.1) is 0 Å². The lowest BCUT2D eigenvalue weighted by Crippen LogP contribution is -2.88. The minimum absolute atomic E-state index is 0.0924. The van der Waals surface area contributed by atoms with E-state index in [2.05, 4.69) is 38.1 Å². The number of aryl methyl sites for hydroxylation is 2. The lowest BCUT2D eigenvalue weighted by atomic mass is 9.23. The quantitative estimate of drug-likeness (QED) is 0.0449. The maximum atomic E-state index is 16.6. The Kier molecular flexibility index (Phi) is 20.7. The zero-order chi connectivity index (χ0) is 83.7. The van der Waals surface area contributed by atoms with Gasteiger partial charge in [-0.05, 0) is 95.2 Å². The molecular formula is C74H28B2F30N4O4. The molecule has 0 spiro atoms. The summed E-state index contributed by atoms with van der Waals surface area (Å²) in [5.41, 5.74) is -23.4. The Hall–Kier alpha value is -12.9. The van der Waals surface area contributed by atoms with E-state index in [0.29, 0.717) is 36.4 Å². The lowest BCUT2D eigenvalue weighted by Gasteiger charge is -2.38. The monoisotopic (exact) mass is 1630 g/mol. The van der Waals surface area contributed by atoms with Crippen LogP contribution in [0, 0.1) is 188 Å². The molecule has 0 saturated carbocycles. The third-order valence-corrected chi connectivity index (χ3v) is 18.8. The number of pyridine rings is 2. The number of anilines is 2. The van der Waals surface area contributed by atoms with Crippen LogP contribution in [0.3, 0.4) is 0 Å². The molecule has 4 amide bonds. The van der Waals surface area contributed by atoms with E-state index in [9.17, 15) is 45.5 Å². The first kappa shape index (κ1) is 80.6. The number of carbonyl (C=O) groups excluding carboxylic acids is 4. The van der Waals surface area contributed by atoms with E-state index in [4.69, 9.17) is 0 Å². The highest BCUT2D eigenvalue weighted by Crippen LogP contribution is 2.41. The van der Waals surface area contributed by atoms with Crippen LogP contribution in [0.4, 0.5) is 143 Å². The van der Waals surface area contributed by atoms with E-state index < -0.39 is 297 Å². The third kappa shape index (κ3) is 11.7. The van der Waals surface area contributed by atoms with Gasteiger partial charge in [-0.2, -0.15) is 0 Å². The summed E-state index contributed by atoms with van der Waals surface area (Å²) in [6.07, 6.45) is -14.0. The van der Waals surface area contributed by atoms with Gasteiger partial charge < -0.3 is 8.96 Å². The first-order valence-corrected chi connectivity index (χ1v) is 31.5. The van der Waals surface area contributed by atoms with Crippen LogP contribution >= 0.6 is 0 Å². The van der Waals surface area contributed by atoms with Crippen molar-refractivity contribution in [2.24, 2.45) is 0 Å². The fourth-order valence-corrected chi connectivity index (χ4v) is 13.8. The molecule has 0 aliphatic carbocycles. The number of hydrogen-bond acceptors (Lipinski definition) is 4. The van der Waals surface area contributed by atoms with Crippen LogP contribution in [0.1, 0.15) is 52.6 Å². The Labute approximate surface area is 614 Å². The summed E-state index contributed by atoms with van der Waals surface area (Å²) in [6, 6.07) is 23.7. The summed E-state index contributed by atoms with van der Waals surface area (Å²) in [7, 11) is 0. The predicted molar refractivity (Wildman–Crippen MR) is 339 cm³/mol. The normalized spacial score (nSPS) is 12.8. The van der Waals surface area contributed by atoms with Gasteiger partial charge in [0.15, 0.2) is 105 Å². The van der Waals surface area contributed by atoms with Gasteiger partial charge in [0, 0.05) is 33.0 Å². The number of rotatable bonds is 10. The fourth-order valence-electron chi connectivity index (χ4n) is 13.8. The van der Waals surface area contributed by atoms with Gasteiger partial charge in [-0.15, -0.1) is 0 Å². The summed E-state index contributed by atoms with van der Waals surface area (Å²) in [6.45, 7) is 4.17. The molecule has 2 aromatic heterocycles. The number of benzene rings is 10. The van der Waals surface area contributed by atoms with Crippen molar-refractivity contribution in [3.05, 3.63) is 342 Å². The molecule has 4 heterocycles. The van der Waals surface area contributed by atoms with E-state index in [1.54, 1.807) is 0 Å². The largest absolute Gasteiger partial charge is 0.413 e. The van der Waals surface area contributed by atoms with Crippen molar-refractivity contribution in [1.82, 2.24) is 0 Å². The molecule has 0 bridgehead atoms. The molecule has 2 aliphatic rings.